The van der Waals surface area contributed by atoms with Crippen LogP contribution in [0.4, 0.5) is 5.95 Å². The predicted molar refractivity (Wildman–Crippen MR) is 111 cm³/mol. The topological polar surface area (TPSA) is 143 Å². The summed E-state index contributed by atoms with van der Waals surface area (Å²) in [6.07, 6.45) is 1.75. The van der Waals surface area contributed by atoms with Gasteiger partial charge in [0.25, 0.3) is 0 Å². The molecule has 9 nitrogen and oxygen atoms in total. The van der Waals surface area contributed by atoms with Gasteiger partial charge >= 0.3 is 5.97 Å². The zero-order valence-corrected chi connectivity index (χ0v) is 16.8. The number of halogens is 1. The number of benzene rings is 1. The van der Waals surface area contributed by atoms with Gasteiger partial charge in [-0.1, -0.05) is 6.07 Å². The van der Waals surface area contributed by atoms with Crippen molar-refractivity contribution in [3.8, 4) is 5.75 Å². The molecular formula is C18H18IN5O4. The average Bonchev–Trinajstić information content (AvgIpc) is 3.00. The maximum Gasteiger partial charge on any atom is 0.305 e. The lowest BCUT2D eigenvalue weighted by atomic mass is 10.0. The van der Waals surface area contributed by atoms with E-state index in [4.69, 9.17) is 10.8 Å². The van der Waals surface area contributed by atoms with E-state index in [1.54, 1.807) is 41.1 Å². The molecule has 0 radical (unpaired) electrons. The number of pyridine rings is 1. The second-order valence-electron chi connectivity index (χ2n) is 6.13. The second-order valence-corrected chi connectivity index (χ2v) is 7.29. The van der Waals surface area contributed by atoms with E-state index in [1.807, 2.05) is 22.6 Å². The number of amides is 1. The molecule has 0 aliphatic heterocycles. The summed E-state index contributed by atoms with van der Waals surface area (Å²) in [5, 5.41) is 21.5. The highest BCUT2D eigenvalue weighted by atomic mass is 127. The van der Waals surface area contributed by atoms with Gasteiger partial charge < -0.3 is 21.3 Å². The van der Waals surface area contributed by atoms with Crippen LogP contribution >= 0.6 is 22.6 Å². The molecule has 2 aromatic heterocycles. The number of fused-ring (bicyclic) bond motifs is 1. The number of aromatic nitrogens is 3. The Bertz CT molecular complexity index is 1040. The van der Waals surface area contributed by atoms with E-state index in [0.717, 1.165) is 5.56 Å². The Kier molecular flexibility index (Phi) is 5.97. The lowest BCUT2D eigenvalue weighted by Crippen LogP contribution is -2.29. The van der Waals surface area contributed by atoms with Gasteiger partial charge in [0.1, 0.15) is 17.3 Å². The molecule has 1 unspecified atom stereocenters. The largest absolute Gasteiger partial charge is 0.507 e. The van der Waals surface area contributed by atoms with Gasteiger partial charge in [0.15, 0.2) is 5.65 Å². The van der Waals surface area contributed by atoms with Gasteiger partial charge in [-0.15, -0.1) is 0 Å². The Labute approximate surface area is 173 Å². The quantitative estimate of drug-likeness (QED) is 0.350. The summed E-state index contributed by atoms with van der Waals surface area (Å²) >= 11 is 2.01. The van der Waals surface area contributed by atoms with Crippen molar-refractivity contribution in [1.29, 1.82) is 0 Å². The number of carboxylic acids is 1. The zero-order valence-electron chi connectivity index (χ0n) is 14.7. The SMILES string of the molecule is NC(=O)C(Cc1ccc(O)c(I)c1)n1c(NCCC(=O)O)nc2cccnc21. The fourth-order valence-corrected chi connectivity index (χ4v) is 3.43. The third-order valence-corrected chi connectivity index (χ3v) is 5.02. The van der Waals surface area contributed by atoms with E-state index in [0.29, 0.717) is 20.7 Å². The van der Waals surface area contributed by atoms with Crippen molar-refractivity contribution in [2.24, 2.45) is 5.73 Å². The molecule has 146 valence electrons. The molecule has 1 amide bonds. The van der Waals surface area contributed by atoms with Crippen LogP contribution in [0.5, 0.6) is 5.75 Å². The molecule has 0 aliphatic carbocycles. The summed E-state index contributed by atoms with van der Waals surface area (Å²) in [4.78, 5) is 31.9. The number of nitrogens with zero attached hydrogens (tertiary/aromatic N) is 3. The van der Waals surface area contributed by atoms with Crippen molar-refractivity contribution in [3.63, 3.8) is 0 Å². The van der Waals surface area contributed by atoms with Gasteiger partial charge in [-0.05, 0) is 52.4 Å². The smallest absolute Gasteiger partial charge is 0.305 e. The van der Waals surface area contributed by atoms with Crippen molar-refractivity contribution >= 4 is 51.6 Å². The van der Waals surface area contributed by atoms with Crippen LogP contribution in [0.2, 0.25) is 0 Å². The number of carboxylic acid groups (broad SMARTS) is 1. The Hall–Kier alpha value is -2.89. The van der Waals surface area contributed by atoms with E-state index >= 15 is 0 Å². The van der Waals surface area contributed by atoms with Crippen molar-refractivity contribution in [2.45, 2.75) is 18.9 Å². The van der Waals surface area contributed by atoms with Crippen LogP contribution in [0.25, 0.3) is 11.2 Å². The molecule has 1 atom stereocenters. The number of imidazole rings is 1. The van der Waals surface area contributed by atoms with Crippen LogP contribution in [0, 0.1) is 3.57 Å². The first-order chi connectivity index (χ1) is 13.4. The third kappa shape index (κ3) is 4.32. The van der Waals surface area contributed by atoms with Crippen LogP contribution < -0.4 is 11.1 Å². The van der Waals surface area contributed by atoms with Crippen LogP contribution in [0.3, 0.4) is 0 Å². The summed E-state index contributed by atoms with van der Waals surface area (Å²) in [6, 6.07) is 7.73. The Morgan fingerprint density at radius 1 is 1.32 bits per heavy atom. The highest BCUT2D eigenvalue weighted by Gasteiger charge is 2.25. The molecule has 0 saturated carbocycles. The first kappa shape index (κ1) is 19.9. The summed E-state index contributed by atoms with van der Waals surface area (Å²) in [5.74, 6) is -1.04. The highest BCUT2D eigenvalue weighted by Crippen LogP contribution is 2.27. The Morgan fingerprint density at radius 2 is 2.11 bits per heavy atom. The summed E-state index contributed by atoms with van der Waals surface area (Å²) < 4.78 is 2.26. The van der Waals surface area contributed by atoms with Gasteiger partial charge in [-0.25, -0.2) is 9.97 Å². The average molecular weight is 495 g/mol. The number of primary amides is 1. The molecule has 0 fully saturated rings. The van der Waals surface area contributed by atoms with E-state index in [2.05, 4.69) is 15.3 Å². The Morgan fingerprint density at radius 3 is 2.79 bits per heavy atom. The number of nitrogens with two attached hydrogens (primary N) is 1. The van der Waals surface area contributed by atoms with E-state index < -0.39 is 17.9 Å². The number of rotatable bonds is 8. The van der Waals surface area contributed by atoms with Gasteiger partial charge in [0, 0.05) is 19.2 Å². The van der Waals surface area contributed by atoms with Gasteiger partial charge in [-0.3, -0.25) is 14.2 Å². The summed E-state index contributed by atoms with van der Waals surface area (Å²) in [5.41, 5.74) is 7.53. The number of carbonyl (C=O) groups is 2. The monoisotopic (exact) mass is 495 g/mol. The fourth-order valence-electron chi connectivity index (χ4n) is 2.85. The van der Waals surface area contributed by atoms with Crippen LogP contribution in [-0.2, 0) is 16.0 Å². The maximum absolute atomic E-state index is 12.3. The number of phenolic OH excluding ortho intramolecular Hbond substituents is 1. The first-order valence-corrected chi connectivity index (χ1v) is 9.50. The number of carbonyl (C=O) groups excluding carboxylic acids is 1. The van der Waals surface area contributed by atoms with Crippen LogP contribution in [0.1, 0.15) is 18.0 Å². The first-order valence-electron chi connectivity index (χ1n) is 8.42. The summed E-state index contributed by atoms with van der Waals surface area (Å²) in [7, 11) is 0. The second kappa shape index (κ2) is 8.42. The minimum atomic E-state index is -0.946. The number of hydrogen-bond donors (Lipinski definition) is 4. The highest BCUT2D eigenvalue weighted by molar-refractivity contribution is 14.1. The molecule has 1 aromatic carbocycles. The third-order valence-electron chi connectivity index (χ3n) is 4.15. The molecule has 28 heavy (non-hydrogen) atoms. The number of aliphatic carboxylic acids is 1. The Balaban J connectivity index is 2.01. The standard InChI is InChI=1S/C18H18IN5O4/c19-11-8-10(3-4-14(11)25)9-13(16(20)28)24-17-12(2-1-6-21-17)23-18(24)22-7-5-15(26)27/h1-4,6,8,13,25H,5,7,9H2,(H2,20,28)(H,22,23)(H,26,27). The maximum atomic E-state index is 12.3. The van der Waals surface area contributed by atoms with Crippen molar-refractivity contribution in [2.75, 3.05) is 11.9 Å². The van der Waals surface area contributed by atoms with Gasteiger partial charge in [0.05, 0.1) is 9.99 Å². The van der Waals surface area contributed by atoms with E-state index in [1.165, 1.54) is 0 Å². The summed E-state index contributed by atoms with van der Waals surface area (Å²) in [6.45, 7) is 0.140. The van der Waals surface area contributed by atoms with Crippen molar-refractivity contribution in [3.05, 3.63) is 45.7 Å². The molecule has 0 spiro atoms. The minimum absolute atomic E-state index is 0.103. The van der Waals surface area contributed by atoms with Crippen molar-refractivity contribution in [1.82, 2.24) is 14.5 Å². The number of aromatic hydroxyl groups is 1. The molecule has 3 rings (SSSR count). The molecule has 0 aliphatic rings. The number of phenols is 1. The van der Waals surface area contributed by atoms with E-state index in [9.17, 15) is 14.7 Å². The van der Waals surface area contributed by atoms with Crippen molar-refractivity contribution < 1.29 is 19.8 Å². The van der Waals surface area contributed by atoms with Crippen LogP contribution in [-0.4, -0.2) is 43.2 Å². The molecule has 0 bridgehead atoms. The molecular weight excluding hydrogens is 477 g/mol. The lowest BCUT2D eigenvalue weighted by molar-refractivity contribution is -0.136. The molecule has 3 aromatic rings. The molecule has 5 N–H and O–H groups in total. The number of hydrogen-bond acceptors (Lipinski definition) is 6. The number of nitrogens with one attached hydrogen (secondary N) is 1. The number of anilines is 1. The van der Waals surface area contributed by atoms with Crippen LogP contribution in [0.15, 0.2) is 36.5 Å². The fraction of sp³-hybridized carbons (Fsp3) is 0.222. The van der Waals surface area contributed by atoms with E-state index in [-0.39, 0.29) is 25.1 Å². The lowest BCUT2D eigenvalue weighted by Gasteiger charge is -2.19. The predicted octanol–water partition coefficient (Wildman–Crippen LogP) is 1.90. The molecule has 0 saturated heterocycles. The minimum Gasteiger partial charge on any atom is -0.507 e. The van der Waals surface area contributed by atoms with Gasteiger partial charge in [0.2, 0.25) is 11.9 Å². The van der Waals surface area contributed by atoms with Gasteiger partial charge in [-0.2, -0.15) is 0 Å². The zero-order chi connectivity index (χ0) is 20.3. The molecule has 10 heteroatoms. The normalized spacial score (nSPS) is 12.0. The molecule has 2 heterocycles.